The molecule has 1 aromatic rings. The summed E-state index contributed by atoms with van der Waals surface area (Å²) in [5, 5.41) is 12.6. The number of ether oxygens (including phenoxy) is 1. The Morgan fingerprint density at radius 2 is 2.00 bits per heavy atom. The Balaban J connectivity index is 1.63. The predicted molar refractivity (Wildman–Crippen MR) is 91.8 cm³/mol. The van der Waals surface area contributed by atoms with Gasteiger partial charge in [0.2, 0.25) is 0 Å². The Bertz CT molecular complexity index is 596. The second-order valence-corrected chi connectivity index (χ2v) is 6.88. The van der Waals surface area contributed by atoms with Gasteiger partial charge in [-0.3, -0.25) is 9.69 Å². The highest BCUT2D eigenvalue weighted by atomic mass is 35.5. The predicted octanol–water partition coefficient (Wildman–Crippen LogP) is 1.29. The molecule has 24 heavy (non-hydrogen) atoms. The largest absolute Gasteiger partial charge is 0.379 e. The molecule has 132 valence electrons. The summed E-state index contributed by atoms with van der Waals surface area (Å²) in [7, 11) is 0. The van der Waals surface area contributed by atoms with Crippen molar-refractivity contribution in [1.29, 1.82) is 0 Å². The van der Waals surface area contributed by atoms with Crippen LogP contribution < -0.4 is 5.43 Å². The molecule has 0 amide bonds. The van der Waals surface area contributed by atoms with Crippen LogP contribution >= 0.6 is 23.2 Å². The first-order valence-electron chi connectivity index (χ1n) is 8.03. The topological polar surface area (TPSA) is 65.0 Å². The number of hydrogen-bond acceptors (Lipinski definition) is 6. The first-order chi connectivity index (χ1) is 11.5. The number of Topliss-reactive ketones (excluding diaryl/α,β-unsaturated/α-hetero) is 1. The number of hydrogen-bond donors (Lipinski definition) is 2. The van der Waals surface area contributed by atoms with Gasteiger partial charge in [0.15, 0.2) is 12.0 Å². The third-order valence-corrected chi connectivity index (χ3v) is 5.16. The maximum Gasteiger partial charge on any atom is 0.195 e. The molecule has 0 saturated carbocycles. The van der Waals surface area contributed by atoms with E-state index in [0.717, 1.165) is 38.4 Å². The van der Waals surface area contributed by atoms with Gasteiger partial charge >= 0.3 is 0 Å². The van der Waals surface area contributed by atoms with Gasteiger partial charge in [-0.1, -0.05) is 29.3 Å². The monoisotopic (exact) mass is 373 g/mol. The standard InChI is InChI=1S/C16H21Cl2N3O3/c17-12-2-1-11(9-13(12)18)10-21-14(15(22)16(23)19-21)3-4-20-5-7-24-8-6-20/h1-2,9,14,16,19,23H,3-8,10H2. The van der Waals surface area contributed by atoms with Gasteiger partial charge in [0.1, 0.15) is 0 Å². The number of carbonyl (C=O) groups excluding carboxylic acids is 1. The van der Waals surface area contributed by atoms with Crippen LogP contribution in [0.25, 0.3) is 0 Å². The van der Waals surface area contributed by atoms with Crippen molar-refractivity contribution in [3.05, 3.63) is 33.8 Å². The van der Waals surface area contributed by atoms with Gasteiger partial charge in [0, 0.05) is 26.2 Å². The van der Waals surface area contributed by atoms with Gasteiger partial charge in [0.25, 0.3) is 0 Å². The summed E-state index contributed by atoms with van der Waals surface area (Å²) in [6, 6.07) is 5.01. The van der Waals surface area contributed by atoms with Crippen LogP contribution in [0, 0.1) is 0 Å². The Morgan fingerprint density at radius 1 is 1.25 bits per heavy atom. The zero-order chi connectivity index (χ0) is 17.1. The smallest absolute Gasteiger partial charge is 0.195 e. The highest BCUT2D eigenvalue weighted by molar-refractivity contribution is 6.42. The number of nitrogens with one attached hydrogen (secondary N) is 1. The molecule has 2 unspecified atom stereocenters. The fourth-order valence-electron chi connectivity index (χ4n) is 3.06. The highest BCUT2D eigenvalue weighted by Crippen LogP contribution is 2.24. The summed E-state index contributed by atoms with van der Waals surface area (Å²) in [5.41, 5.74) is 3.77. The number of aliphatic hydroxyl groups is 1. The Morgan fingerprint density at radius 3 is 2.71 bits per heavy atom. The van der Waals surface area contributed by atoms with Gasteiger partial charge in [0.05, 0.1) is 29.3 Å². The van der Waals surface area contributed by atoms with E-state index in [-0.39, 0.29) is 11.8 Å². The minimum absolute atomic E-state index is 0.191. The summed E-state index contributed by atoms with van der Waals surface area (Å²) in [5.74, 6) is -0.191. The van der Waals surface area contributed by atoms with Crippen LogP contribution in [0.4, 0.5) is 0 Å². The fraction of sp³-hybridized carbons (Fsp3) is 0.562. The van der Waals surface area contributed by atoms with Crippen molar-refractivity contribution in [3.8, 4) is 0 Å². The number of morpholine rings is 1. The SMILES string of the molecule is O=C1C(O)NN(Cc2ccc(Cl)c(Cl)c2)C1CCN1CCOCC1. The van der Waals surface area contributed by atoms with Gasteiger partial charge in [-0.25, -0.2) is 10.4 Å². The van der Waals surface area contributed by atoms with E-state index < -0.39 is 6.23 Å². The molecule has 0 bridgehead atoms. The van der Waals surface area contributed by atoms with Gasteiger partial charge in [-0.05, 0) is 24.1 Å². The second-order valence-electron chi connectivity index (χ2n) is 6.07. The number of carbonyl (C=O) groups is 1. The van der Waals surface area contributed by atoms with E-state index in [1.54, 1.807) is 17.1 Å². The van der Waals surface area contributed by atoms with E-state index in [1.807, 2.05) is 6.07 Å². The highest BCUT2D eigenvalue weighted by Gasteiger charge is 2.39. The number of aliphatic hydroxyl groups excluding tert-OH is 1. The van der Waals surface area contributed by atoms with Crippen molar-refractivity contribution in [2.45, 2.75) is 25.2 Å². The molecule has 2 aliphatic heterocycles. The molecule has 6 nitrogen and oxygen atoms in total. The zero-order valence-corrected chi connectivity index (χ0v) is 14.8. The minimum Gasteiger partial charge on any atom is -0.379 e. The number of rotatable bonds is 5. The average molecular weight is 374 g/mol. The molecule has 3 rings (SSSR count). The molecule has 0 aromatic heterocycles. The Hall–Kier alpha value is -0.730. The molecule has 1 aromatic carbocycles. The van der Waals surface area contributed by atoms with Crippen LogP contribution in [0.15, 0.2) is 18.2 Å². The maximum absolute atomic E-state index is 12.3. The second kappa shape index (κ2) is 8.10. The molecule has 0 radical (unpaired) electrons. The quantitative estimate of drug-likeness (QED) is 0.810. The van der Waals surface area contributed by atoms with Gasteiger partial charge in [-0.2, -0.15) is 0 Å². The normalized spacial score (nSPS) is 26.2. The molecule has 8 heteroatoms. The van der Waals surface area contributed by atoms with Gasteiger partial charge < -0.3 is 9.84 Å². The Labute approximate surface area is 151 Å². The van der Waals surface area contributed by atoms with E-state index in [0.29, 0.717) is 23.0 Å². The summed E-state index contributed by atoms with van der Waals surface area (Å²) in [4.78, 5) is 14.5. The van der Waals surface area contributed by atoms with E-state index in [2.05, 4.69) is 10.3 Å². The van der Waals surface area contributed by atoms with E-state index in [4.69, 9.17) is 27.9 Å². The third kappa shape index (κ3) is 4.26. The third-order valence-electron chi connectivity index (χ3n) is 4.42. The van der Waals surface area contributed by atoms with Crippen LogP contribution in [0.1, 0.15) is 12.0 Å². The molecule has 2 fully saturated rings. The van der Waals surface area contributed by atoms with Crippen molar-refractivity contribution >= 4 is 29.0 Å². The molecular weight excluding hydrogens is 353 g/mol. The van der Waals surface area contributed by atoms with E-state index in [9.17, 15) is 9.90 Å². The lowest BCUT2D eigenvalue weighted by atomic mass is 10.1. The van der Waals surface area contributed by atoms with Crippen LogP contribution in [0.5, 0.6) is 0 Å². The summed E-state index contributed by atoms with van der Waals surface area (Å²) < 4.78 is 5.34. The molecule has 2 heterocycles. The lowest BCUT2D eigenvalue weighted by Gasteiger charge is -2.29. The summed E-state index contributed by atoms with van der Waals surface area (Å²) >= 11 is 12.0. The van der Waals surface area contributed by atoms with Crippen molar-refractivity contribution in [2.24, 2.45) is 0 Å². The van der Waals surface area contributed by atoms with Crippen molar-refractivity contribution in [2.75, 3.05) is 32.8 Å². The number of halogens is 2. The first kappa shape index (κ1) is 18.1. The molecule has 0 spiro atoms. The average Bonchev–Trinajstić information content (AvgIpc) is 2.84. The lowest BCUT2D eigenvalue weighted by Crippen LogP contribution is -2.42. The first-order valence-corrected chi connectivity index (χ1v) is 8.79. The van der Waals surface area contributed by atoms with Crippen molar-refractivity contribution in [1.82, 2.24) is 15.3 Å². The maximum atomic E-state index is 12.3. The molecular formula is C16H21Cl2N3O3. The van der Waals surface area contributed by atoms with Crippen LogP contribution in [-0.4, -0.2) is 65.9 Å². The number of hydrazine groups is 1. The lowest BCUT2D eigenvalue weighted by molar-refractivity contribution is -0.126. The molecule has 2 saturated heterocycles. The molecule has 0 aliphatic carbocycles. The number of ketones is 1. The van der Waals surface area contributed by atoms with Gasteiger partial charge in [-0.15, -0.1) is 0 Å². The number of benzene rings is 1. The van der Waals surface area contributed by atoms with Crippen LogP contribution in [0.3, 0.4) is 0 Å². The molecule has 2 atom stereocenters. The van der Waals surface area contributed by atoms with Crippen molar-refractivity contribution in [3.63, 3.8) is 0 Å². The summed E-state index contributed by atoms with van der Waals surface area (Å²) in [6.07, 6.45) is -0.494. The fourth-order valence-corrected chi connectivity index (χ4v) is 3.39. The van der Waals surface area contributed by atoms with E-state index in [1.165, 1.54) is 0 Å². The molecule has 2 aliphatic rings. The molecule has 2 N–H and O–H groups in total. The van der Waals surface area contributed by atoms with Crippen LogP contribution in [-0.2, 0) is 16.1 Å². The van der Waals surface area contributed by atoms with Crippen molar-refractivity contribution < 1.29 is 14.6 Å². The summed E-state index contributed by atoms with van der Waals surface area (Å²) in [6.45, 7) is 4.48. The van der Waals surface area contributed by atoms with E-state index >= 15 is 0 Å². The zero-order valence-electron chi connectivity index (χ0n) is 13.3. The Kier molecular flexibility index (Phi) is 6.10. The number of nitrogens with zero attached hydrogens (tertiary/aromatic N) is 2. The van der Waals surface area contributed by atoms with Crippen LogP contribution in [0.2, 0.25) is 10.0 Å². The minimum atomic E-state index is -1.15.